The molecular formula is C16H23NO. The lowest BCUT2D eigenvalue weighted by atomic mass is 9.74. The van der Waals surface area contributed by atoms with Crippen molar-refractivity contribution in [2.45, 2.75) is 46.0 Å². The van der Waals surface area contributed by atoms with E-state index in [4.69, 9.17) is 0 Å². The van der Waals surface area contributed by atoms with Crippen LogP contribution >= 0.6 is 0 Å². The van der Waals surface area contributed by atoms with E-state index >= 15 is 0 Å². The molecule has 1 aromatic heterocycles. The molecule has 1 aromatic rings. The van der Waals surface area contributed by atoms with Crippen LogP contribution in [-0.2, 0) is 11.2 Å². The van der Waals surface area contributed by atoms with Crippen molar-refractivity contribution in [2.75, 3.05) is 0 Å². The fraction of sp³-hybridized carbons (Fsp3) is 0.625. The number of Topliss-reactive ketones (excluding diaryl/α,β-unsaturated/α-hetero) is 1. The van der Waals surface area contributed by atoms with Gasteiger partial charge in [0.1, 0.15) is 5.78 Å². The topological polar surface area (TPSA) is 30.0 Å². The summed E-state index contributed by atoms with van der Waals surface area (Å²) in [7, 11) is 0. The summed E-state index contributed by atoms with van der Waals surface area (Å²) in [5.41, 5.74) is 1.03. The van der Waals surface area contributed by atoms with Crippen molar-refractivity contribution in [3.05, 3.63) is 30.1 Å². The van der Waals surface area contributed by atoms with Gasteiger partial charge in [-0.25, -0.2) is 0 Å². The summed E-state index contributed by atoms with van der Waals surface area (Å²) in [5, 5.41) is 0. The van der Waals surface area contributed by atoms with Gasteiger partial charge < -0.3 is 0 Å². The molecule has 1 fully saturated rings. The monoisotopic (exact) mass is 245 g/mol. The van der Waals surface area contributed by atoms with Gasteiger partial charge in [-0.05, 0) is 49.7 Å². The number of carbonyl (C=O) groups excluding carboxylic acids is 1. The van der Waals surface area contributed by atoms with Crippen molar-refractivity contribution < 1.29 is 4.79 Å². The first-order valence-corrected chi connectivity index (χ1v) is 7.09. The molecular weight excluding hydrogens is 222 g/mol. The van der Waals surface area contributed by atoms with Gasteiger partial charge in [0.05, 0.1) is 0 Å². The van der Waals surface area contributed by atoms with Crippen molar-refractivity contribution in [1.29, 1.82) is 0 Å². The van der Waals surface area contributed by atoms with Crippen molar-refractivity contribution >= 4 is 5.78 Å². The molecule has 98 valence electrons. The van der Waals surface area contributed by atoms with Crippen molar-refractivity contribution in [3.63, 3.8) is 0 Å². The molecule has 1 aliphatic carbocycles. The van der Waals surface area contributed by atoms with Crippen LogP contribution in [-0.4, -0.2) is 10.8 Å². The van der Waals surface area contributed by atoms with Gasteiger partial charge in [-0.2, -0.15) is 0 Å². The molecule has 0 spiro atoms. The molecule has 0 radical (unpaired) electrons. The quantitative estimate of drug-likeness (QED) is 0.810. The molecule has 0 amide bonds. The van der Waals surface area contributed by atoms with E-state index in [-0.39, 0.29) is 0 Å². The number of ketones is 1. The Morgan fingerprint density at radius 1 is 1.28 bits per heavy atom. The van der Waals surface area contributed by atoms with Crippen molar-refractivity contribution in [3.8, 4) is 0 Å². The lowest BCUT2D eigenvalue weighted by Crippen LogP contribution is -2.26. The largest absolute Gasteiger partial charge is 0.299 e. The highest BCUT2D eigenvalue weighted by molar-refractivity contribution is 5.81. The minimum Gasteiger partial charge on any atom is -0.299 e. The SMILES string of the molecule is CC1CCC(C(=O)CCc2ccccn2)CC1C. The predicted molar refractivity (Wildman–Crippen MR) is 73.2 cm³/mol. The Kier molecular flexibility index (Phi) is 4.51. The standard InChI is InChI=1S/C16H23NO/c1-12-6-7-14(11-13(12)2)16(18)9-8-15-5-3-4-10-17-15/h3-5,10,12-14H,6-9,11H2,1-2H3. The second-order valence-electron chi connectivity index (χ2n) is 5.75. The van der Waals surface area contributed by atoms with Gasteiger partial charge >= 0.3 is 0 Å². The van der Waals surface area contributed by atoms with Crippen LogP contribution in [0.15, 0.2) is 24.4 Å². The van der Waals surface area contributed by atoms with E-state index in [9.17, 15) is 4.79 Å². The van der Waals surface area contributed by atoms with Gasteiger partial charge in [-0.15, -0.1) is 0 Å². The van der Waals surface area contributed by atoms with Crippen LogP contribution in [0.5, 0.6) is 0 Å². The van der Waals surface area contributed by atoms with Crippen LogP contribution in [0.25, 0.3) is 0 Å². The first kappa shape index (κ1) is 13.3. The summed E-state index contributed by atoms with van der Waals surface area (Å²) in [6.07, 6.45) is 6.63. The minimum atomic E-state index is 0.305. The molecule has 0 bridgehead atoms. The molecule has 0 N–H and O–H groups in total. The minimum absolute atomic E-state index is 0.305. The molecule has 0 saturated heterocycles. The molecule has 0 aliphatic heterocycles. The summed E-state index contributed by atoms with van der Waals surface area (Å²) in [4.78, 5) is 16.5. The third kappa shape index (κ3) is 3.41. The Bertz CT molecular complexity index is 387. The first-order valence-electron chi connectivity index (χ1n) is 7.09. The highest BCUT2D eigenvalue weighted by Crippen LogP contribution is 2.34. The molecule has 2 nitrogen and oxygen atoms in total. The van der Waals surface area contributed by atoms with E-state index in [0.717, 1.165) is 30.9 Å². The summed E-state index contributed by atoms with van der Waals surface area (Å²) in [6.45, 7) is 4.59. The lowest BCUT2D eigenvalue weighted by molar-refractivity contribution is -0.124. The van der Waals surface area contributed by atoms with Gasteiger partial charge in [0.15, 0.2) is 0 Å². The molecule has 1 saturated carbocycles. The number of nitrogens with zero attached hydrogens (tertiary/aromatic N) is 1. The van der Waals surface area contributed by atoms with E-state index < -0.39 is 0 Å². The van der Waals surface area contributed by atoms with E-state index in [1.807, 2.05) is 18.2 Å². The molecule has 18 heavy (non-hydrogen) atoms. The summed E-state index contributed by atoms with van der Waals surface area (Å²) < 4.78 is 0. The summed E-state index contributed by atoms with van der Waals surface area (Å²) in [6, 6.07) is 5.89. The number of aromatic nitrogens is 1. The highest BCUT2D eigenvalue weighted by Gasteiger charge is 2.28. The van der Waals surface area contributed by atoms with Gasteiger partial charge in [0, 0.05) is 24.2 Å². The average molecular weight is 245 g/mol. The van der Waals surface area contributed by atoms with Crippen molar-refractivity contribution in [1.82, 2.24) is 4.98 Å². The van der Waals surface area contributed by atoms with Gasteiger partial charge in [-0.1, -0.05) is 19.9 Å². The van der Waals surface area contributed by atoms with Crippen LogP contribution in [0, 0.1) is 17.8 Å². The average Bonchev–Trinajstić information content (AvgIpc) is 2.40. The smallest absolute Gasteiger partial charge is 0.136 e. The number of hydrogen-bond acceptors (Lipinski definition) is 2. The van der Waals surface area contributed by atoms with Crippen LogP contribution in [0.4, 0.5) is 0 Å². The number of hydrogen-bond donors (Lipinski definition) is 0. The van der Waals surface area contributed by atoms with E-state index in [1.165, 1.54) is 6.42 Å². The maximum absolute atomic E-state index is 12.2. The van der Waals surface area contributed by atoms with Crippen LogP contribution in [0.1, 0.15) is 45.2 Å². The third-order valence-corrected chi connectivity index (χ3v) is 4.41. The van der Waals surface area contributed by atoms with Crippen molar-refractivity contribution in [2.24, 2.45) is 17.8 Å². The van der Waals surface area contributed by atoms with E-state index in [0.29, 0.717) is 24.0 Å². The zero-order valence-electron chi connectivity index (χ0n) is 11.4. The molecule has 3 unspecified atom stereocenters. The molecule has 1 aliphatic rings. The van der Waals surface area contributed by atoms with Crippen LogP contribution in [0.3, 0.4) is 0 Å². The predicted octanol–water partition coefficient (Wildman–Crippen LogP) is 3.66. The second kappa shape index (κ2) is 6.12. The first-order chi connectivity index (χ1) is 8.66. The Morgan fingerprint density at radius 3 is 2.78 bits per heavy atom. The number of aryl methyl sites for hydroxylation is 1. The second-order valence-corrected chi connectivity index (χ2v) is 5.75. The van der Waals surface area contributed by atoms with E-state index in [2.05, 4.69) is 18.8 Å². The van der Waals surface area contributed by atoms with Crippen LogP contribution in [0.2, 0.25) is 0 Å². The lowest BCUT2D eigenvalue weighted by Gasteiger charge is -2.31. The summed E-state index contributed by atoms with van der Waals surface area (Å²) >= 11 is 0. The zero-order chi connectivity index (χ0) is 13.0. The van der Waals surface area contributed by atoms with Gasteiger partial charge in [0.25, 0.3) is 0 Å². The van der Waals surface area contributed by atoms with Gasteiger partial charge in [-0.3, -0.25) is 9.78 Å². The maximum Gasteiger partial charge on any atom is 0.136 e. The normalized spacial score (nSPS) is 28.0. The highest BCUT2D eigenvalue weighted by atomic mass is 16.1. The maximum atomic E-state index is 12.2. The zero-order valence-corrected chi connectivity index (χ0v) is 11.4. The third-order valence-electron chi connectivity index (χ3n) is 4.41. The molecule has 2 rings (SSSR count). The molecule has 1 heterocycles. The Hall–Kier alpha value is -1.18. The fourth-order valence-corrected chi connectivity index (χ4v) is 2.84. The number of rotatable bonds is 4. The number of carbonyl (C=O) groups is 1. The van der Waals surface area contributed by atoms with Gasteiger partial charge in [0.2, 0.25) is 0 Å². The summed E-state index contributed by atoms with van der Waals surface area (Å²) in [5.74, 6) is 2.23. The molecule has 3 atom stereocenters. The Balaban J connectivity index is 1.82. The van der Waals surface area contributed by atoms with Crippen LogP contribution < -0.4 is 0 Å². The molecule has 0 aromatic carbocycles. The Labute approximate surface area is 110 Å². The fourth-order valence-electron chi connectivity index (χ4n) is 2.84. The Morgan fingerprint density at radius 2 is 2.11 bits per heavy atom. The molecule has 2 heteroatoms. The van der Waals surface area contributed by atoms with E-state index in [1.54, 1.807) is 6.20 Å². The number of pyridine rings is 1.